The minimum Gasteiger partial charge on any atom is -0.394 e. The first-order valence-corrected chi connectivity index (χ1v) is 8.67. The van der Waals surface area contributed by atoms with Gasteiger partial charge in [-0.1, -0.05) is 19.3 Å². The summed E-state index contributed by atoms with van der Waals surface area (Å²) in [7, 11) is 0. The fraction of sp³-hybridized carbons (Fsp3) is 0.882. The molecule has 0 radical (unpaired) electrons. The van der Waals surface area contributed by atoms with E-state index in [1.54, 1.807) is 4.90 Å². The maximum absolute atomic E-state index is 12.3. The highest BCUT2D eigenvalue weighted by atomic mass is 16.3. The highest BCUT2D eigenvalue weighted by Gasteiger charge is 2.53. The predicted octanol–water partition coefficient (Wildman–Crippen LogP) is 1.57. The summed E-state index contributed by atoms with van der Waals surface area (Å²) in [6.45, 7) is 1.04. The molecule has 5 nitrogen and oxygen atoms in total. The van der Waals surface area contributed by atoms with E-state index >= 15 is 0 Å². The summed E-state index contributed by atoms with van der Waals surface area (Å²) in [5.41, 5.74) is 0.148. The van der Waals surface area contributed by atoms with Crippen LogP contribution in [0.5, 0.6) is 0 Å². The monoisotopic (exact) mass is 305 g/mol. The Balaban J connectivity index is 1.52. The molecule has 0 aromatic carbocycles. The van der Waals surface area contributed by atoms with Crippen LogP contribution in [0.1, 0.15) is 57.8 Å². The molecule has 2 saturated carbocycles. The molecule has 0 bridgehead atoms. The Kier molecular flexibility index (Phi) is 4.42. The van der Waals surface area contributed by atoms with Gasteiger partial charge in [0.15, 0.2) is 0 Å². The minimum atomic E-state index is -0.269. The summed E-state index contributed by atoms with van der Waals surface area (Å²) in [6.07, 6.45) is 10.2. The van der Waals surface area contributed by atoms with Gasteiger partial charge in [-0.25, -0.2) is 0 Å². The van der Waals surface area contributed by atoms with Gasteiger partial charge in [-0.2, -0.15) is 5.26 Å². The van der Waals surface area contributed by atoms with Gasteiger partial charge in [-0.05, 0) is 43.9 Å². The van der Waals surface area contributed by atoms with Crippen LogP contribution in [0.2, 0.25) is 0 Å². The Labute approximate surface area is 132 Å². The highest BCUT2D eigenvalue weighted by molar-refractivity contribution is 5.79. The molecule has 1 amide bonds. The van der Waals surface area contributed by atoms with Crippen molar-refractivity contribution in [3.05, 3.63) is 0 Å². The van der Waals surface area contributed by atoms with Gasteiger partial charge in [0.1, 0.15) is 6.04 Å². The fourth-order valence-electron chi connectivity index (χ4n) is 4.90. The molecule has 1 saturated heterocycles. The number of aliphatic hydroxyl groups excluding tert-OH is 1. The molecule has 3 fully saturated rings. The molecular formula is C17H27N3O2. The lowest BCUT2D eigenvalue weighted by Gasteiger charge is -2.58. The average Bonchev–Trinajstić information content (AvgIpc) is 3.00. The summed E-state index contributed by atoms with van der Waals surface area (Å²) < 4.78 is 0. The van der Waals surface area contributed by atoms with Gasteiger partial charge in [0.2, 0.25) is 5.91 Å². The Morgan fingerprint density at radius 2 is 2.00 bits per heavy atom. The topological polar surface area (TPSA) is 76.4 Å². The van der Waals surface area contributed by atoms with E-state index in [1.165, 1.54) is 32.1 Å². The summed E-state index contributed by atoms with van der Waals surface area (Å²) in [5, 5.41) is 22.2. The summed E-state index contributed by atoms with van der Waals surface area (Å²) in [4.78, 5) is 14.0. The number of hydrogen-bond acceptors (Lipinski definition) is 4. The quantitative estimate of drug-likeness (QED) is 0.826. The molecule has 3 rings (SSSR count). The predicted molar refractivity (Wildman–Crippen MR) is 82.9 cm³/mol. The van der Waals surface area contributed by atoms with E-state index in [9.17, 15) is 9.90 Å². The first kappa shape index (κ1) is 15.8. The van der Waals surface area contributed by atoms with Crippen molar-refractivity contribution in [3.8, 4) is 6.07 Å². The van der Waals surface area contributed by atoms with Gasteiger partial charge in [0.05, 0.1) is 19.2 Å². The van der Waals surface area contributed by atoms with Crippen molar-refractivity contribution in [1.82, 2.24) is 10.2 Å². The molecule has 1 atom stereocenters. The maximum atomic E-state index is 12.3. The number of aliphatic hydroxyl groups is 1. The number of amides is 1. The van der Waals surface area contributed by atoms with Crippen molar-refractivity contribution >= 4 is 5.91 Å². The number of nitriles is 1. The first-order valence-electron chi connectivity index (χ1n) is 8.67. The molecule has 3 aliphatic rings. The van der Waals surface area contributed by atoms with E-state index in [0.717, 1.165) is 25.7 Å². The van der Waals surface area contributed by atoms with E-state index in [-0.39, 0.29) is 30.6 Å². The van der Waals surface area contributed by atoms with Gasteiger partial charge in [0.25, 0.3) is 0 Å². The maximum Gasteiger partial charge on any atom is 0.237 e. The number of carbonyl (C=O) groups is 1. The van der Waals surface area contributed by atoms with Crippen molar-refractivity contribution in [2.45, 2.75) is 69.4 Å². The van der Waals surface area contributed by atoms with Crippen molar-refractivity contribution in [1.29, 1.82) is 5.26 Å². The second-order valence-electron chi connectivity index (χ2n) is 7.58. The van der Waals surface area contributed by atoms with Crippen LogP contribution in [0.3, 0.4) is 0 Å². The molecule has 2 aliphatic carbocycles. The lowest BCUT2D eigenvalue weighted by Crippen LogP contribution is -2.64. The Hall–Kier alpha value is -1.12. The Bertz CT molecular complexity index is 457. The van der Waals surface area contributed by atoms with E-state index < -0.39 is 0 Å². The summed E-state index contributed by atoms with van der Waals surface area (Å²) in [5.74, 6) is 0.00136. The lowest BCUT2D eigenvalue weighted by molar-refractivity contribution is -0.132. The van der Waals surface area contributed by atoms with Crippen LogP contribution in [0.4, 0.5) is 0 Å². The van der Waals surface area contributed by atoms with Crippen molar-refractivity contribution in [2.75, 3.05) is 19.7 Å². The van der Waals surface area contributed by atoms with Crippen molar-refractivity contribution < 1.29 is 9.90 Å². The van der Waals surface area contributed by atoms with E-state index in [1.807, 2.05) is 0 Å². The minimum absolute atomic E-state index is 0.00136. The zero-order chi connectivity index (χ0) is 15.6. The molecule has 1 heterocycles. The first-order chi connectivity index (χ1) is 10.6. The van der Waals surface area contributed by atoms with E-state index in [2.05, 4.69) is 11.4 Å². The normalized spacial score (nSPS) is 29.1. The third-order valence-corrected chi connectivity index (χ3v) is 5.98. The third-order valence-electron chi connectivity index (χ3n) is 5.98. The van der Waals surface area contributed by atoms with Crippen LogP contribution in [0, 0.1) is 16.7 Å². The van der Waals surface area contributed by atoms with Crippen LogP contribution in [0.25, 0.3) is 0 Å². The zero-order valence-electron chi connectivity index (χ0n) is 13.3. The van der Waals surface area contributed by atoms with Crippen LogP contribution >= 0.6 is 0 Å². The smallest absolute Gasteiger partial charge is 0.237 e. The highest BCUT2D eigenvalue weighted by Crippen LogP contribution is 2.56. The number of hydrogen-bond donors (Lipinski definition) is 2. The second-order valence-corrected chi connectivity index (χ2v) is 7.58. The molecule has 2 N–H and O–H groups in total. The van der Waals surface area contributed by atoms with Crippen LogP contribution in [-0.4, -0.2) is 47.2 Å². The van der Waals surface area contributed by atoms with Crippen LogP contribution in [0.15, 0.2) is 0 Å². The summed E-state index contributed by atoms with van der Waals surface area (Å²) in [6, 6.07) is 1.95. The number of carbonyl (C=O) groups excluding carboxylic acids is 1. The molecular weight excluding hydrogens is 278 g/mol. The number of likely N-dealkylation sites (tertiary alicyclic amines) is 1. The van der Waals surface area contributed by atoms with Crippen molar-refractivity contribution in [3.63, 3.8) is 0 Å². The van der Waals surface area contributed by atoms with Crippen LogP contribution < -0.4 is 5.32 Å². The average molecular weight is 305 g/mol. The van der Waals surface area contributed by atoms with Gasteiger partial charge in [0, 0.05) is 12.1 Å². The van der Waals surface area contributed by atoms with Gasteiger partial charge >= 0.3 is 0 Å². The van der Waals surface area contributed by atoms with Gasteiger partial charge < -0.3 is 15.3 Å². The molecule has 0 aromatic rings. The number of nitrogens with one attached hydrogen (secondary N) is 1. The lowest BCUT2D eigenvalue weighted by atomic mass is 9.52. The largest absolute Gasteiger partial charge is 0.394 e. The fourth-order valence-corrected chi connectivity index (χ4v) is 4.90. The van der Waals surface area contributed by atoms with E-state index in [4.69, 9.17) is 5.26 Å². The Morgan fingerprint density at radius 3 is 2.64 bits per heavy atom. The molecule has 5 heteroatoms. The third kappa shape index (κ3) is 2.87. The van der Waals surface area contributed by atoms with E-state index in [0.29, 0.717) is 12.0 Å². The summed E-state index contributed by atoms with van der Waals surface area (Å²) >= 11 is 0. The standard InChI is InChI=1S/C17H27N3O2/c18-9-14-5-4-8-20(14)15(22)10-19-17(13-21)11-16(12-17)6-2-1-3-7-16/h14,19,21H,1-8,10-13H2/t14-/m0/s1. The molecule has 0 aromatic heterocycles. The zero-order valence-corrected chi connectivity index (χ0v) is 13.3. The van der Waals surface area contributed by atoms with Crippen molar-refractivity contribution in [2.24, 2.45) is 5.41 Å². The van der Waals surface area contributed by atoms with Gasteiger partial charge in [-0.3, -0.25) is 4.79 Å². The molecule has 22 heavy (non-hydrogen) atoms. The SMILES string of the molecule is N#C[C@@H]1CCCN1C(=O)CNC1(CO)CC2(CCCCC2)C1. The molecule has 122 valence electrons. The number of rotatable bonds is 4. The van der Waals surface area contributed by atoms with Crippen LogP contribution in [-0.2, 0) is 4.79 Å². The molecule has 1 aliphatic heterocycles. The number of nitrogens with zero attached hydrogens (tertiary/aromatic N) is 2. The molecule has 0 unspecified atom stereocenters. The Morgan fingerprint density at radius 1 is 1.27 bits per heavy atom. The van der Waals surface area contributed by atoms with Gasteiger partial charge in [-0.15, -0.1) is 0 Å². The second kappa shape index (κ2) is 6.17. The molecule has 1 spiro atoms.